The summed E-state index contributed by atoms with van der Waals surface area (Å²) in [6, 6.07) is 0. The van der Waals surface area contributed by atoms with Crippen molar-refractivity contribution >= 4 is 22.8 Å². The van der Waals surface area contributed by atoms with E-state index in [1.54, 1.807) is 6.92 Å². The van der Waals surface area contributed by atoms with E-state index in [4.69, 9.17) is 8.54 Å². The van der Waals surface area contributed by atoms with Crippen molar-refractivity contribution in [1.82, 2.24) is 0 Å². The minimum atomic E-state index is -2.72. The summed E-state index contributed by atoms with van der Waals surface area (Å²) in [5.74, 6) is -0.295. The summed E-state index contributed by atoms with van der Waals surface area (Å²) >= 11 is 0. The molecule has 2 atom stereocenters. The highest BCUT2D eigenvalue weighted by Gasteiger charge is 2.55. The lowest BCUT2D eigenvalue weighted by Crippen LogP contribution is -2.59. The predicted molar refractivity (Wildman–Crippen MR) is 104 cm³/mol. The summed E-state index contributed by atoms with van der Waals surface area (Å²) in [6.45, 7) is 25.3. The average molecular weight is 359 g/mol. The first kappa shape index (κ1) is 22.6. The van der Waals surface area contributed by atoms with E-state index >= 15 is 0 Å². The van der Waals surface area contributed by atoms with Crippen molar-refractivity contribution in [3.8, 4) is 0 Å². The van der Waals surface area contributed by atoms with Gasteiger partial charge in [-0.25, -0.2) is 4.79 Å². The standard InChI is InChI=1S/C18H38O3Si2/c1-12-15(5)23(16(6)13-2,20-17(19)14(3)4)21-22(10,11)18(7,8)9/h15-16H,3,12-13H2,1-2,4-11H3. The largest absolute Gasteiger partial charge is 0.491 e. The highest BCUT2D eigenvalue weighted by atomic mass is 28.4. The molecule has 0 saturated heterocycles. The number of carbonyl (C=O) groups is 1. The van der Waals surface area contributed by atoms with Crippen LogP contribution in [0.1, 0.15) is 68.2 Å². The second-order valence-corrected chi connectivity index (χ2v) is 17.3. The van der Waals surface area contributed by atoms with Crippen LogP contribution in [0.5, 0.6) is 0 Å². The van der Waals surface area contributed by atoms with Gasteiger partial charge in [0.1, 0.15) is 0 Å². The summed E-state index contributed by atoms with van der Waals surface area (Å²) in [7, 11) is -4.77. The van der Waals surface area contributed by atoms with E-state index in [0.717, 1.165) is 12.8 Å². The van der Waals surface area contributed by atoms with Crippen molar-refractivity contribution in [2.75, 3.05) is 0 Å². The quantitative estimate of drug-likeness (QED) is 0.384. The van der Waals surface area contributed by atoms with Gasteiger partial charge >= 0.3 is 14.5 Å². The minimum Gasteiger partial charge on any atom is -0.491 e. The first-order chi connectivity index (χ1) is 10.2. The van der Waals surface area contributed by atoms with Crippen molar-refractivity contribution < 1.29 is 13.3 Å². The molecule has 0 spiro atoms. The van der Waals surface area contributed by atoms with Gasteiger partial charge in [0.25, 0.3) is 0 Å². The maximum absolute atomic E-state index is 12.4. The zero-order valence-electron chi connectivity index (χ0n) is 17.0. The Balaban J connectivity index is 6.02. The Labute approximate surface area is 146 Å². The van der Waals surface area contributed by atoms with E-state index in [2.05, 4.69) is 68.1 Å². The molecule has 0 heterocycles. The van der Waals surface area contributed by atoms with Gasteiger partial charge in [-0.2, -0.15) is 0 Å². The first-order valence-corrected chi connectivity index (χ1v) is 13.7. The van der Waals surface area contributed by atoms with Crippen LogP contribution >= 0.6 is 0 Å². The molecule has 0 N–H and O–H groups in total. The zero-order chi connectivity index (χ0) is 18.6. The minimum absolute atomic E-state index is 0.0851. The maximum Gasteiger partial charge on any atom is 0.397 e. The van der Waals surface area contributed by atoms with E-state index in [1.165, 1.54) is 0 Å². The number of hydrogen-bond acceptors (Lipinski definition) is 3. The molecule has 0 aromatic carbocycles. The van der Waals surface area contributed by atoms with Crippen LogP contribution in [0.25, 0.3) is 0 Å². The van der Waals surface area contributed by atoms with Gasteiger partial charge in [0, 0.05) is 16.7 Å². The van der Waals surface area contributed by atoms with Crippen LogP contribution in [0.2, 0.25) is 29.2 Å². The summed E-state index contributed by atoms with van der Waals surface area (Å²) < 4.78 is 13.1. The van der Waals surface area contributed by atoms with Crippen LogP contribution in [0.15, 0.2) is 12.2 Å². The first-order valence-electron chi connectivity index (χ1n) is 8.84. The van der Waals surface area contributed by atoms with Crippen LogP contribution in [-0.2, 0) is 13.3 Å². The Morgan fingerprint density at radius 3 is 1.74 bits per heavy atom. The third-order valence-corrected chi connectivity index (χ3v) is 16.4. The van der Waals surface area contributed by atoms with Gasteiger partial charge < -0.3 is 8.54 Å². The number of hydrogen-bond donors (Lipinski definition) is 0. The lowest BCUT2D eigenvalue weighted by atomic mass is 10.2. The molecule has 0 saturated carbocycles. The summed E-state index contributed by atoms with van der Waals surface area (Å²) in [5, 5.41) is 0.0851. The van der Waals surface area contributed by atoms with E-state index in [0.29, 0.717) is 5.57 Å². The van der Waals surface area contributed by atoms with Crippen molar-refractivity contribution in [2.45, 2.75) is 97.4 Å². The number of carbonyl (C=O) groups excluding carboxylic acids is 1. The Morgan fingerprint density at radius 1 is 1.09 bits per heavy atom. The lowest BCUT2D eigenvalue weighted by Gasteiger charge is -2.48. The van der Waals surface area contributed by atoms with Crippen LogP contribution in [0.3, 0.4) is 0 Å². The molecule has 3 nitrogen and oxygen atoms in total. The summed E-state index contributed by atoms with van der Waals surface area (Å²) in [4.78, 5) is 12.4. The van der Waals surface area contributed by atoms with Crippen LogP contribution in [-0.4, -0.2) is 22.8 Å². The SMILES string of the molecule is C=C(C)C(=O)O[Si](O[Si](C)(C)C(C)(C)C)(C(C)CC)C(C)CC. The lowest BCUT2D eigenvalue weighted by molar-refractivity contribution is -0.132. The van der Waals surface area contributed by atoms with E-state index in [1.807, 2.05) is 0 Å². The Bertz CT molecular complexity index is 414. The predicted octanol–water partition coefficient (Wildman–Crippen LogP) is 6.17. The molecule has 2 unspecified atom stereocenters. The zero-order valence-corrected chi connectivity index (χ0v) is 19.0. The van der Waals surface area contributed by atoms with Gasteiger partial charge in [-0.05, 0) is 25.1 Å². The normalized spacial score (nSPS) is 18.0. The molecule has 0 aromatic heterocycles. The van der Waals surface area contributed by atoms with Crippen molar-refractivity contribution in [2.24, 2.45) is 0 Å². The Morgan fingerprint density at radius 2 is 1.48 bits per heavy atom. The van der Waals surface area contributed by atoms with Gasteiger partial charge in [-0.1, -0.05) is 67.9 Å². The van der Waals surface area contributed by atoms with Crippen molar-refractivity contribution in [3.63, 3.8) is 0 Å². The van der Waals surface area contributed by atoms with E-state index in [-0.39, 0.29) is 22.1 Å². The highest BCUT2D eigenvalue weighted by molar-refractivity contribution is 6.86. The fraction of sp³-hybridized carbons (Fsp3) is 0.833. The molecular weight excluding hydrogens is 320 g/mol. The molecule has 0 fully saturated rings. The van der Waals surface area contributed by atoms with Gasteiger partial charge in [0.15, 0.2) is 8.32 Å². The third-order valence-electron chi connectivity index (χ3n) is 5.42. The molecule has 0 aliphatic rings. The van der Waals surface area contributed by atoms with E-state index in [9.17, 15) is 4.79 Å². The van der Waals surface area contributed by atoms with Crippen LogP contribution in [0.4, 0.5) is 0 Å². The molecule has 0 amide bonds. The molecule has 5 heteroatoms. The highest BCUT2D eigenvalue weighted by Crippen LogP contribution is 2.46. The molecular formula is C18H38O3Si2. The molecule has 0 aromatic rings. The summed E-state index contributed by atoms with van der Waals surface area (Å²) in [6.07, 6.45) is 1.91. The molecule has 0 rings (SSSR count). The smallest absolute Gasteiger partial charge is 0.397 e. The Hall–Kier alpha value is -0.396. The van der Waals surface area contributed by atoms with Gasteiger partial charge in [0.2, 0.25) is 0 Å². The fourth-order valence-corrected chi connectivity index (χ4v) is 11.4. The summed E-state index contributed by atoms with van der Waals surface area (Å²) in [5.41, 5.74) is 0.970. The van der Waals surface area contributed by atoms with Crippen molar-refractivity contribution in [1.29, 1.82) is 0 Å². The Kier molecular flexibility index (Phi) is 7.98. The second kappa shape index (κ2) is 8.12. The number of rotatable bonds is 8. The van der Waals surface area contributed by atoms with Gasteiger partial charge in [-0.3, -0.25) is 0 Å². The molecule has 0 bridgehead atoms. The molecule has 136 valence electrons. The van der Waals surface area contributed by atoms with Crippen LogP contribution in [0, 0.1) is 0 Å². The maximum atomic E-state index is 12.4. The van der Waals surface area contributed by atoms with Crippen molar-refractivity contribution in [3.05, 3.63) is 12.2 Å². The average Bonchev–Trinajstić information content (AvgIpc) is 2.42. The molecule has 0 radical (unpaired) electrons. The molecule has 23 heavy (non-hydrogen) atoms. The van der Waals surface area contributed by atoms with Crippen LogP contribution < -0.4 is 0 Å². The van der Waals surface area contributed by atoms with Gasteiger partial charge in [0.05, 0.1) is 0 Å². The topological polar surface area (TPSA) is 35.5 Å². The second-order valence-electron chi connectivity index (χ2n) is 8.37. The van der Waals surface area contributed by atoms with E-state index < -0.39 is 16.9 Å². The molecule has 0 aliphatic carbocycles. The molecule has 0 aliphatic heterocycles. The third kappa shape index (κ3) is 5.29. The monoisotopic (exact) mass is 358 g/mol. The van der Waals surface area contributed by atoms with Gasteiger partial charge in [-0.15, -0.1) is 0 Å². The fourth-order valence-electron chi connectivity index (χ4n) is 2.26.